The molecule has 352 valence electrons. The Morgan fingerprint density at radius 3 is 1.02 bits per heavy atom. The third kappa shape index (κ3) is 42.8. The Balaban J connectivity index is 1.67. The summed E-state index contributed by atoms with van der Waals surface area (Å²) in [5.41, 5.74) is 1.38. The van der Waals surface area contributed by atoms with Crippen molar-refractivity contribution >= 4 is 5.97 Å². The van der Waals surface area contributed by atoms with Crippen molar-refractivity contribution in [3.8, 4) is 5.75 Å². The van der Waals surface area contributed by atoms with Crippen LogP contribution in [0.15, 0.2) is 24.3 Å². The SMILES string of the molecule is CCCCCCCCCC(=O)OCCOCCOCCOCCOCCOCCOCCOCCOCCOCCOCCOc1ccc(CCCCCCCCC)cc1. The van der Waals surface area contributed by atoms with E-state index in [9.17, 15) is 4.79 Å². The molecule has 0 bridgehead atoms. The normalized spacial score (nSPS) is 11.4. The van der Waals surface area contributed by atoms with Crippen LogP contribution in [0.5, 0.6) is 5.75 Å². The van der Waals surface area contributed by atoms with E-state index < -0.39 is 0 Å². The van der Waals surface area contributed by atoms with Gasteiger partial charge in [0.05, 0.1) is 132 Å². The number of hydrogen-bond donors (Lipinski definition) is 0. The number of esters is 1. The maximum Gasteiger partial charge on any atom is 0.305 e. The highest BCUT2D eigenvalue weighted by atomic mass is 16.6. The van der Waals surface area contributed by atoms with Crippen LogP contribution < -0.4 is 4.74 Å². The van der Waals surface area contributed by atoms with E-state index in [1.807, 2.05) is 0 Å². The molecule has 0 heterocycles. The summed E-state index contributed by atoms with van der Waals surface area (Å²) in [5, 5.41) is 0. The summed E-state index contributed by atoms with van der Waals surface area (Å²) in [4.78, 5) is 11.7. The summed E-state index contributed by atoms with van der Waals surface area (Å²) in [6.07, 6.45) is 19.3. The molecule has 0 saturated carbocycles. The fourth-order valence-corrected chi connectivity index (χ4v) is 5.85. The average molecular weight is 859 g/mol. The first kappa shape index (κ1) is 56.1. The minimum absolute atomic E-state index is 0.140. The number of benzene rings is 1. The van der Waals surface area contributed by atoms with E-state index in [2.05, 4.69) is 38.1 Å². The molecule has 13 heteroatoms. The molecule has 0 amide bonds. The van der Waals surface area contributed by atoms with Crippen molar-refractivity contribution in [1.82, 2.24) is 0 Å². The monoisotopic (exact) mass is 859 g/mol. The zero-order valence-corrected chi connectivity index (χ0v) is 38.0. The van der Waals surface area contributed by atoms with Crippen LogP contribution in [0, 0.1) is 0 Å². The largest absolute Gasteiger partial charge is 0.491 e. The summed E-state index contributed by atoms with van der Waals surface area (Å²) in [6, 6.07) is 8.45. The Kier molecular flexibility index (Phi) is 45.0. The summed E-state index contributed by atoms with van der Waals surface area (Å²) in [6.45, 7) is 15.2. The lowest BCUT2D eigenvalue weighted by Crippen LogP contribution is -2.15. The Morgan fingerprint density at radius 1 is 0.350 bits per heavy atom. The first-order chi connectivity index (χ1) is 29.8. The molecule has 60 heavy (non-hydrogen) atoms. The van der Waals surface area contributed by atoms with Gasteiger partial charge in [0.25, 0.3) is 0 Å². The van der Waals surface area contributed by atoms with Crippen LogP contribution in [-0.2, 0) is 63.3 Å². The number of rotatable bonds is 50. The average Bonchev–Trinajstić information content (AvgIpc) is 3.26. The van der Waals surface area contributed by atoms with Crippen LogP contribution >= 0.6 is 0 Å². The Hall–Kier alpha value is -1.91. The van der Waals surface area contributed by atoms with Crippen molar-refractivity contribution in [3.63, 3.8) is 0 Å². The highest BCUT2D eigenvalue weighted by Gasteiger charge is 2.03. The number of ether oxygens (including phenoxy) is 12. The quantitative estimate of drug-likeness (QED) is 0.0462. The number of carbonyl (C=O) groups excluding carboxylic acids is 1. The second-order valence-corrected chi connectivity index (χ2v) is 14.6. The maximum absolute atomic E-state index is 11.7. The molecular formula is C47H86O13. The first-order valence-corrected chi connectivity index (χ1v) is 23.4. The second-order valence-electron chi connectivity index (χ2n) is 14.6. The van der Waals surface area contributed by atoms with Crippen molar-refractivity contribution in [2.75, 3.05) is 145 Å². The molecular weight excluding hydrogens is 773 g/mol. The molecule has 0 unspecified atom stereocenters. The van der Waals surface area contributed by atoms with E-state index in [4.69, 9.17) is 56.8 Å². The summed E-state index contributed by atoms with van der Waals surface area (Å²) in [7, 11) is 0. The van der Waals surface area contributed by atoms with Gasteiger partial charge in [0.2, 0.25) is 0 Å². The Bertz CT molecular complexity index is 985. The third-order valence-corrected chi connectivity index (χ3v) is 9.31. The van der Waals surface area contributed by atoms with Crippen molar-refractivity contribution < 1.29 is 61.6 Å². The zero-order valence-electron chi connectivity index (χ0n) is 38.0. The van der Waals surface area contributed by atoms with Gasteiger partial charge in [-0.25, -0.2) is 0 Å². The lowest BCUT2D eigenvalue weighted by Gasteiger charge is -2.09. The highest BCUT2D eigenvalue weighted by molar-refractivity contribution is 5.69. The van der Waals surface area contributed by atoms with Crippen LogP contribution in [0.1, 0.15) is 116 Å². The third-order valence-electron chi connectivity index (χ3n) is 9.31. The molecule has 0 saturated heterocycles. The molecule has 1 aromatic carbocycles. The fourth-order valence-electron chi connectivity index (χ4n) is 5.85. The van der Waals surface area contributed by atoms with Gasteiger partial charge in [-0.3, -0.25) is 4.79 Å². The van der Waals surface area contributed by atoms with Crippen LogP contribution in [0.4, 0.5) is 0 Å². The topological polar surface area (TPSA) is 128 Å². The summed E-state index contributed by atoms with van der Waals surface area (Å²) >= 11 is 0. The first-order valence-electron chi connectivity index (χ1n) is 23.4. The molecule has 0 aromatic heterocycles. The molecule has 0 spiro atoms. The molecule has 0 N–H and O–H groups in total. The molecule has 0 atom stereocenters. The van der Waals surface area contributed by atoms with Gasteiger partial charge in [0.1, 0.15) is 19.0 Å². The van der Waals surface area contributed by atoms with Gasteiger partial charge in [0.15, 0.2) is 0 Å². The molecule has 1 rings (SSSR count). The van der Waals surface area contributed by atoms with E-state index in [0.717, 1.165) is 25.0 Å². The Labute approximate surface area is 364 Å². The van der Waals surface area contributed by atoms with Crippen LogP contribution in [0.2, 0.25) is 0 Å². The lowest BCUT2D eigenvalue weighted by molar-refractivity contribution is -0.145. The molecule has 0 fully saturated rings. The number of aryl methyl sites for hydroxylation is 1. The molecule has 0 aliphatic carbocycles. The summed E-state index contributed by atoms with van der Waals surface area (Å²) in [5.74, 6) is 0.744. The summed E-state index contributed by atoms with van der Waals surface area (Å²) < 4.78 is 66.2. The fraction of sp³-hybridized carbons (Fsp3) is 0.851. The number of unbranched alkanes of at least 4 members (excludes halogenated alkanes) is 12. The van der Waals surface area contributed by atoms with Crippen molar-refractivity contribution in [2.24, 2.45) is 0 Å². The van der Waals surface area contributed by atoms with E-state index >= 15 is 0 Å². The van der Waals surface area contributed by atoms with Gasteiger partial charge in [-0.2, -0.15) is 0 Å². The second kappa shape index (κ2) is 48.1. The van der Waals surface area contributed by atoms with E-state index in [0.29, 0.717) is 145 Å². The van der Waals surface area contributed by atoms with Gasteiger partial charge >= 0.3 is 5.97 Å². The van der Waals surface area contributed by atoms with Crippen LogP contribution in [0.3, 0.4) is 0 Å². The van der Waals surface area contributed by atoms with E-state index in [-0.39, 0.29) is 12.6 Å². The standard InChI is InChI=1S/C47H86O13/c1-3-5-7-9-11-13-15-17-45-19-21-46(22-20-45)59-43-41-57-39-37-55-35-33-53-31-29-51-27-25-49-23-24-50-26-28-52-30-32-54-34-36-56-38-40-58-42-44-60-47(48)18-16-14-12-10-8-6-4-2/h19-22H,3-18,23-44H2,1-2H3. The van der Waals surface area contributed by atoms with Crippen LogP contribution in [0.25, 0.3) is 0 Å². The van der Waals surface area contributed by atoms with Gasteiger partial charge in [-0.15, -0.1) is 0 Å². The molecule has 0 radical (unpaired) electrons. The molecule has 0 aliphatic rings. The minimum atomic E-state index is -0.140. The highest BCUT2D eigenvalue weighted by Crippen LogP contribution is 2.15. The molecule has 0 aliphatic heterocycles. The van der Waals surface area contributed by atoms with E-state index in [1.165, 1.54) is 82.6 Å². The lowest BCUT2D eigenvalue weighted by atomic mass is 10.0. The predicted molar refractivity (Wildman–Crippen MR) is 235 cm³/mol. The molecule has 13 nitrogen and oxygen atoms in total. The maximum atomic E-state index is 11.7. The minimum Gasteiger partial charge on any atom is -0.491 e. The Morgan fingerprint density at radius 2 is 0.650 bits per heavy atom. The van der Waals surface area contributed by atoms with Crippen molar-refractivity contribution in [2.45, 2.75) is 117 Å². The van der Waals surface area contributed by atoms with Crippen molar-refractivity contribution in [1.29, 1.82) is 0 Å². The number of hydrogen-bond acceptors (Lipinski definition) is 13. The van der Waals surface area contributed by atoms with Crippen molar-refractivity contribution in [3.05, 3.63) is 29.8 Å². The van der Waals surface area contributed by atoms with Gasteiger partial charge in [0, 0.05) is 6.42 Å². The van der Waals surface area contributed by atoms with Gasteiger partial charge in [-0.1, -0.05) is 103 Å². The van der Waals surface area contributed by atoms with E-state index in [1.54, 1.807) is 0 Å². The molecule has 1 aromatic rings. The van der Waals surface area contributed by atoms with Gasteiger partial charge in [-0.05, 0) is 37.0 Å². The van der Waals surface area contributed by atoms with Gasteiger partial charge < -0.3 is 56.8 Å². The number of carbonyl (C=O) groups is 1. The predicted octanol–water partition coefficient (Wildman–Crippen LogP) is 8.21. The van der Waals surface area contributed by atoms with Crippen LogP contribution in [-0.4, -0.2) is 151 Å². The smallest absolute Gasteiger partial charge is 0.305 e. The zero-order chi connectivity index (χ0) is 42.9.